The van der Waals surface area contributed by atoms with Crippen LogP contribution in [0.4, 0.5) is 5.69 Å². The van der Waals surface area contributed by atoms with E-state index >= 15 is 0 Å². The molecule has 1 amide bonds. The van der Waals surface area contributed by atoms with Gasteiger partial charge in [-0.3, -0.25) is 4.79 Å². The number of methoxy groups -OCH3 is 1. The number of para-hydroxylation sites is 2. The molecule has 0 aliphatic carbocycles. The Morgan fingerprint density at radius 3 is 2.69 bits per heavy atom. The number of hydrogen-bond acceptors (Lipinski definition) is 4. The average molecular weight is 351 g/mol. The topological polar surface area (TPSA) is 73.2 Å². The predicted molar refractivity (Wildman–Crippen MR) is 100 cm³/mol. The lowest BCUT2D eigenvalue weighted by Gasteiger charge is -2.12. The molecule has 6 nitrogen and oxygen atoms in total. The van der Waals surface area contributed by atoms with Gasteiger partial charge in [0.15, 0.2) is 0 Å². The van der Waals surface area contributed by atoms with Crippen molar-refractivity contribution in [3.8, 4) is 0 Å². The quantitative estimate of drug-likeness (QED) is 0.716. The van der Waals surface area contributed by atoms with Gasteiger partial charge in [0.05, 0.1) is 23.7 Å². The van der Waals surface area contributed by atoms with Crippen molar-refractivity contribution < 1.29 is 14.3 Å². The molecule has 0 spiro atoms. The second-order valence-corrected chi connectivity index (χ2v) is 6.03. The van der Waals surface area contributed by atoms with Crippen molar-refractivity contribution in [3.05, 3.63) is 59.4 Å². The number of aromatic nitrogens is 2. The molecule has 0 unspecified atom stereocenters. The summed E-state index contributed by atoms with van der Waals surface area (Å²) >= 11 is 0. The number of nitrogens with one attached hydrogen (secondary N) is 1. The molecule has 0 saturated carbocycles. The van der Waals surface area contributed by atoms with Gasteiger partial charge in [-0.15, -0.1) is 0 Å². The zero-order valence-electron chi connectivity index (χ0n) is 15.1. The Hall–Kier alpha value is -3.15. The Morgan fingerprint density at radius 1 is 1.19 bits per heavy atom. The maximum atomic E-state index is 12.6. The number of ether oxygens (including phenoxy) is 1. The fourth-order valence-corrected chi connectivity index (χ4v) is 2.91. The monoisotopic (exact) mass is 351 g/mol. The van der Waals surface area contributed by atoms with Crippen molar-refractivity contribution in [2.75, 3.05) is 12.4 Å². The SMILES string of the molecule is CCc1nc2ccccc2n1CC(=O)Nc1cc(C(=O)OC)ccc1C. The van der Waals surface area contributed by atoms with Gasteiger partial charge in [0, 0.05) is 12.1 Å². The molecule has 1 N–H and O–H groups in total. The van der Waals surface area contributed by atoms with Crippen LogP contribution in [-0.4, -0.2) is 28.5 Å². The van der Waals surface area contributed by atoms with Crippen LogP contribution in [0.2, 0.25) is 0 Å². The standard InChI is InChI=1S/C20H21N3O3/c1-4-18-21-15-7-5-6-8-17(15)23(18)12-19(24)22-16-11-14(20(25)26-3)10-9-13(16)2/h5-11H,4,12H2,1-3H3,(H,22,24). The minimum atomic E-state index is -0.436. The third-order valence-corrected chi connectivity index (χ3v) is 4.28. The molecule has 0 atom stereocenters. The van der Waals surface area contributed by atoms with E-state index in [4.69, 9.17) is 4.74 Å². The molecule has 2 aromatic carbocycles. The van der Waals surface area contributed by atoms with Crippen LogP contribution in [0.3, 0.4) is 0 Å². The van der Waals surface area contributed by atoms with Crippen LogP contribution in [-0.2, 0) is 22.5 Å². The van der Waals surface area contributed by atoms with E-state index in [1.807, 2.05) is 42.7 Å². The number of carbonyl (C=O) groups is 2. The lowest BCUT2D eigenvalue weighted by molar-refractivity contribution is -0.116. The highest BCUT2D eigenvalue weighted by Crippen LogP contribution is 2.19. The molecular formula is C20H21N3O3. The van der Waals surface area contributed by atoms with E-state index < -0.39 is 5.97 Å². The first-order valence-electron chi connectivity index (χ1n) is 8.46. The summed E-state index contributed by atoms with van der Waals surface area (Å²) in [5, 5.41) is 2.89. The second kappa shape index (κ2) is 7.39. The lowest BCUT2D eigenvalue weighted by Crippen LogP contribution is -2.20. The molecular weight excluding hydrogens is 330 g/mol. The smallest absolute Gasteiger partial charge is 0.337 e. The number of anilines is 1. The molecule has 1 heterocycles. The number of imidazole rings is 1. The summed E-state index contributed by atoms with van der Waals surface area (Å²) in [7, 11) is 1.33. The number of esters is 1. The summed E-state index contributed by atoms with van der Waals surface area (Å²) in [5.74, 6) is 0.253. The first-order chi connectivity index (χ1) is 12.5. The number of hydrogen-bond donors (Lipinski definition) is 1. The van der Waals surface area contributed by atoms with Gasteiger partial charge < -0.3 is 14.6 Å². The van der Waals surface area contributed by atoms with Crippen LogP contribution in [0.5, 0.6) is 0 Å². The Morgan fingerprint density at radius 2 is 1.96 bits per heavy atom. The molecule has 3 rings (SSSR count). The zero-order valence-corrected chi connectivity index (χ0v) is 15.1. The molecule has 6 heteroatoms. The van der Waals surface area contributed by atoms with E-state index in [1.54, 1.807) is 18.2 Å². The maximum Gasteiger partial charge on any atom is 0.337 e. The summed E-state index contributed by atoms with van der Waals surface area (Å²) in [5.41, 5.74) is 3.67. The number of fused-ring (bicyclic) bond motifs is 1. The molecule has 0 aliphatic heterocycles. The lowest BCUT2D eigenvalue weighted by atomic mass is 10.1. The number of nitrogens with zero attached hydrogens (tertiary/aromatic N) is 2. The normalized spacial score (nSPS) is 10.7. The Labute approximate surface area is 151 Å². The summed E-state index contributed by atoms with van der Waals surface area (Å²) < 4.78 is 6.66. The van der Waals surface area contributed by atoms with Crippen molar-refractivity contribution in [2.45, 2.75) is 26.8 Å². The van der Waals surface area contributed by atoms with Gasteiger partial charge in [-0.25, -0.2) is 9.78 Å². The van der Waals surface area contributed by atoms with Crippen LogP contribution in [0.1, 0.15) is 28.7 Å². The summed E-state index contributed by atoms with van der Waals surface area (Å²) in [6.45, 7) is 4.05. The van der Waals surface area contributed by atoms with E-state index in [2.05, 4.69) is 10.3 Å². The van der Waals surface area contributed by atoms with Gasteiger partial charge >= 0.3 is 5.97 Å². The van der Waals surface area contributed by atoms with E-state index in [-0.39, 0.29) is 12.5 Å². The first-order valence-corrected chi connectivity index (χ1v) is 8.46. The molecule has 0 radical (unpaired) electrons. The number of carbonyl (C=O) groups excluding carboxylic acids is 2. The number of aryl methyl sites for hydroxylation is 2. The van der Waals surface area contributed by atoms with Crippen molar-refractivity contribution in [1.82, 2.24) is 9.55 Å². The van der Waals surface area contributed by atoms with Crippen molar-refractivity contribution >= 4 is 28.6 Å². The summed E-state index contributed by atoms with van der Waals surface area (Å²) in [4.78, 5) is 28.9. The van der Waals surface area contributed by atoms with Crippen LogP contribution in [0.25, 0.3) is 11.0 Å². The van der Waals surface area contributed by atoms with Gasteiger partial charge in [0.2, 0.25) is 5.91 Å². The largest absolute Gasteiger partial charge is 0.465 e. The van der Waals surface area contributed by atoms with Gasteiger partial charge in [-0.1, -0.05) is 25.1 Å². The third-order valence-electron chi connectivity index (χ3n) is 4.28. The average Bonchev–Trinajstić information content (AvgIpc) is 3.00. The third kappa shape index (κ3) is 3.44. The molecule has 3 aromatic rings. The van der Waals surface area contributed by atoms with E-state index in [9.17, 15) is 9.59 Å². The van der Waals surface area contributed by atoms with Crippen molar-refractivity contribution in [1.29, 1.82) is 0 Å². The van der Waals surface area contributed by atoms with Gasteiger partial charge in [0.25, 0.3) is 0 Å². The van der Waals surface area contributed by atoms with Gasteiger partial charge in [0.1, 0.15) is 12.4 Å². The Kier molecular flexibility index (Phi) is 5.02. The molecule has 134 valence electrons. The molecule has 0 fully saturated rings. The minimum Gasteiger partial charge on any atom is -0.465 e. The highest BCUT2D eigenvalue weighted by atomic mass is 16.5. The fraction of sp³-hybridized carbons (Fsp3) is 0.250. The molecule has 26 heavy (non-hydrogen) atoms. The highest BCUT2D eigenvalue weighted by Gasteiger charge is 2.14. The minimum absolute atomic E-state index is 0.158. The van der Waals surface area contributed by atoms with Crippen molar-refractivity contribution in [3.63, 3.8) is 0 Å². The molecule has 1 aromatic heterocycles. The molecule has 0 bridgehead atoms. The van der Waals surface area contributed by atoms with Crippen LogP contribution >= 0.6 is 0 Å². The van der Waals surface area contributed by atoms with Crippen molar-refractivity contribution in [2.24, 2.45) is 0 Å². The van der Waals surface area contributed by atoms with Crippen LogP contribution in [0, 0.1) is 6.92 Å². The van der Waals surface area contributed by atoms with E-state index in [0.29, 0.717) is 11.3 Å². The van der Waals surface area contributed by atoms with Crippen LogP contribution < -0.4 is 5.32 Å². The van der Waals surface area contributed by atoms with Gasteiger partial charge in [-0.05, 0) is 36.8 Å². The molecule has 0 aliphatic rings. The van der Waals surface area contributed by atoms with E-state index in [1.165, 1.54) is 7.11 Å². The summed E-state index contributed by atoms with van der Waals surface area (Å²) in [6, 6.07) is 12.8. The molecule has 0 saturated heterocycles. The maximum absolute atomic E-state index is 12.6. The summed E-state index contributed by atoms with van der Waals surface area (Å²) in [6.07, 6.45) is 0.735. The van der Waals surface area contributed by atoms with E-state index in [0.717, 1.165) is 28.8 Å². The second-order valence-electron chi connectivity index (χ2n) is 6.03. The number of benzene rings is 2. The first kappa shape index (κ1) is 17.7. The zero-order chi connectivity index (χ0) is 18.7. The van der Waals surface area contributed by atoms with Gasteiger partial charge in [-0.2, -0.15) is 0 Å². The Bertz CT molecular complexity index is 976. The highest BCUT2D eigenvalue weighted by molar-refractivity contribution is 5.95. The Balaban J connectivity index is 1.85. The number of amides is 1. The fourth-order valence-electron chi connectivity index (χ4n) is 2.91. The predicted octanol–water partition coefficient (Wildman–Crippen LogP) is 3.33. The number of rotatable bonds is 5. The van der Waals surface area contributed by atoms with Crippen LogP contribution in [0.15, 0.2) is 42.5 Å².